The number of aromatic nitrogens is 2. The molecule has 0 aliphatic carbocycles. The lowest BCUT2D eigenvalue weighted by molar-refractivity contribution is 0.400. The highest BCUT2D eigenvalue weighted by atomic mass is 16.5. The molecule has 0 unspecified atom stereocenters. The van der Waals surface area contributed by atoms with Gasteiger partial charge in [0, 0.05) is 33.7 Å². The minimum absolute atomic E-state index is 0.0276. The van der Waals surface area contributed by atoms with Crippen LogP contribution in [0, 0.1) is 6.92 Å². The average molecular weight is 707 g/mol. The van der Waals surface area contributed by atoms with Crippen LogP contribution >= 0.6 is 0 Å². The lowest BCUT2D eigenvalue weighted by atomic mass is 9.35. The maximum Gasteiger partial charge on any atom is 0.282 e. The fourth-order valence-corrected chi connectivity index (χ4v) is 7.84. The molecule has 3 heterocycles. The van der Waals surface area contributed by atoms with Crippen molar-refractivity contribution < 1.29 is 4.52 Å². The summed E-state index contributed by atoms with van der Waals surface area (Å²) < 4.78 is 6.25. The van der Waals surface area contributed by atoms with E-state index < -0.39 is 0 Å². The molecular weight excluding hydrogens is 647 g/mol. The molecule has 276 valence electrons. The molecule has 0 spiro atoms. The van der Waals surface area contributed by atoms with Gasteiger partial charge in [0.1, 0.15) is 5.59 Å². The molecule has 2 aliphatic heterocycles. The third-order valence-corrected chi connectivity index (χ3v) is 11.3. The van der Waals surface area contributed by atoms with E-state index in [9.17, 15) is 0 Å². The van der Waals surface area contributed by atoms with E-state index in [2.05, 4.69) is 193 Å². The Balaban J connectivity index is 1.60. The maximum absolute atomic E-state index is 6.25. The monoisotopic (exact) mass is 706 g/mol. The van der Waals surface area contributed by atoms with E-state index in [4.69, 9.17) is 9.62 Å². The van der Waals surface area contributed by atoms with E-state index in [-0.39, 0.29) is 33.8 Å². The molecule has 0 bridgehead atoms. The van der Waals surface area contributed by atoms with Crippen LogP contribution < -0.4 is 26.3 Å². The number of aryl methyl sites for hydroxylation is 1. The average Bonchev–Trinajstić information content (AvgIpc) is 3.51. The molecule has 6 heteroatoms. The standard InChI is InChI=1S/C47H59BN4O/c1-28-19-38-40-39(20-28)52(35-25-32(46(11,12)13)22-33(26-35)47(14,15)16)42-41(49-50-53-42)48(40)36-27-29(43(2,3)4)17-18-37(36)51(38)34-23-30(44(5,6)7)21-31(24-34)45(8,9)10/h17-27H,1-16H3. The summed E-state index contributed by atoms with van der Waals surface area (Å²) in [6, 6.07) is 26.1. The molecule has 0 N–H and O–H groups in total. The molecule has 2 aliphatic rings. The first-order chi connectivity index (χ1) is 24.3. The van der Waals surface area contributed by atoms with Gasteiger partial charge in [-0.15, -0.1) is 5.10 Å². The predicted octanol–water partition coefficient (Wildman–Crippen LogP) is 10.9. The van der Waals surface area contributed by atoms with Gasteiger partial charge in [-0.1, -0.05) is 128 Å². The molecule has 0 saturated heterocycles. The molecule has 7 rings (SSSR count). The third-order valence-electron chi connectivity index (χ3n) is 11.3. The van der Waals surface area contributed by atoms with Crippen molar-refractivity contribution in [1.82, 2.24) is 10.4 Å². The van der Waals surface area contributed by atoms with Crippen molar-refractivity contribution in [2.75, 3.05) is 9.80 Å². The third kappa shape index (κ3) is 6.40. The van der Waals surface area contributed by atoms with Crippen molar-refractivity contribution in [3.63, 3.8) is 0 Å². The Labute approximate surface area is 319 Å². The van der Waals surface area contributed by atoms with Crippen LogP contribution in [0.25, 0.3) is 0 Å². The zero-order valence-electron chi connectivity index (χ0n) is 35.1. The van der Waals surface area contributed by atoms with Crippen LogP contribution in [0.2, 0.25) is 0 Å². The molecule has 1 aromatic heterocycles. The smallest absolute Gasteiger partial charge is 0.282 e. The van der Waals surface area contributed by atoms with Gasteiger partial charge < -0.3 is 9.42 Å². The van der Waals surface area contributed by atoms with Gasteiger partial charge in [0.25, 0.3) is 12.6 Å². The van der Waals surface area contributed by atoms with Gasteiger partial charge in [0.15, 0.2) is 0 Å². The summed E-state index contributed by atoms with van der Waals surface area (Å²) in [5.41, 5.74) is 16.5. The van der Waals surface area contributed by atoms with Crippen LogP contribution in [0.3, 0.4) is 0 Å². The number of rotatable bonds is 2. The lowest BCUT2D eigenvalue weighted by Crippen LogP contribution is -2.62. The minimum atomic E-state index is -0.146. The number of anilines is 6. The fraction of sp³-hybridized carbons (Fsp3) is 0.447. The summed E-state index contributed by atoms with van der Waals surface area (Å²) in [6.45, 7) is 36.6. The predicted molar refractivity (Wildman–Crippen MR) is 227 cm³/mol. The van der Waals surface area contributed by atoms with Crippen molar-refractivity contribution in [2.24, 2.45) is 0 Å². The minimum Gasteiger partial charge on any atom is -0.319 e. The zero-order chi connectivity index (χ0) is 38.8. The van der Waals surface area contributed by atoms with E-state index in [0.29, 0.717) is 5.88 Å². The Morgan fingerprint density at radius 2 is 0.925 bits per heavy atom. The van der Waals surface area contributed by atoms with Crippen LogP contribution in [-0.4, -0.2) is 17.1 Å². The van der Waals surface area contributed by atoms with Crippen molar-refractivity contribution in [3.05, 3.63) is 100 Å². The van der Waals surface area contributed by atoms with Gasteiger partial charge in [0.05, 0.1) is 0 Å². The molecule has 5 nitrogen and oxygen atoms in total. The summed E-state index contributed by atoms with van der Waals surface area (Å²) in [6.07, 6.45) is 0. The first-order valence-electron chi connectivity index (χ1n) is 19.4. The van der Waals surface area contributed by atoms with Gasteiger partial charge in [-0.2, -0.15) is 0 Å². The summed E-state index contributed by atoms with van der Waals surface area (Å²) in [5, 5.41) is 9.13. The topological polar surface area (TPSA) is 45.4 Å². The van der Waals surface area contributed by atoms with Crippen LogP contribution in [-0.2, 0) is 27.1 Å². The molecule has 5 aromatic rings. The van der Waals surface area contributed by atoms with Crippen LogP contribution in [0.1, 0.15) is 137 Å². The molecule has 4 aromatic carbocycles. The first-order valence-corrected chi connectivity index (χ1v) is 19.4. The van der Waals surface area contributed by atoms with Crippen molar-refractivity contribution in [3.8, 4) is 0 Å². The summed E-state index contributed by atoms with van der Waals surface area (Å²) in [5.74, 6) is 0.690. The zero-order valence-corrected chi connectivity index (χ0v) is 35.1. The Morgan fingerprint density at radius 3 is 1.38 bits per heavy atom. The van der Waals surface area contributed by atoms with Crippen molar-refractivity contribution >= 4 is 57.6 Å². The molecule has 0 radical (unpaired) electrons. The molecule has 0 atom stereocenters. The largest absolute Gasteiger partial charge is 0.319 e. The number of hydrogen-bond donors (Lipinski definition) is 0. The molecular formula is C47H59BN4O. The van der Waals surface area contributed by atoms with E-state index >= 15 is 0 Å². The normalized spacial score (nSPS) is 14.7. The summed E-state index contributed by atoms with van der Waals surface area (Å²) in [4.78, 5) is 4.82. The maximum atomic E-state index is 6.25. The highest BCUT2D eigenvalue weighted by molar-refractivity contribution is 6.99. The molecule has 0 amide bonds. The second-order valence-corrected chi connectivity index (χ2v) is 20.8. The summed E-state index contributed by atoms with van der Waals surface area (Å²) >= 11 is 0. The van der Waals surface area contributed by atoms with Gasteiger partial charge in [-0.05, 0) is 121 Å². The van der Waals surface area contributed by atoms with E-state index in [1.54, 1.807) is 0 Å². The van der Waals surface area contributed by atoms with Crippen LogP contribution in [0.5, 0.6) is 0 Å². The lowest BCUT2D eigenvalue weighted by Gasteiger charge is -2.43. The number of nitrogens with zero attached hydrogens (tertiary/aromatic N) is 4. The van der Waals surface area contributed by atoms with Gasteiger partial charge in [0.2, 0.25) is 0 Å². The quantitative estimate of drug-likeness (QED) is 0.168. The Hall–Kier alpha value is -4.32. The highest BCUT2D eigenvalue weighted by Crippen LogP contribution is 2.47. The van der Waals surface area contributed by atoms with E-state index in [0.717, 1.165) is 17.0 Å². The van der Waals surface area contributed by atoms with Crippen LogP contribution in [0.4, 0.5) is 34.3 Å². The Morgan fingerprint density at radius 1 is 0.491 bits per heavy atom. The van der Waals surface area contributed by atoms with Crippen LogP contribution in [0.15, 0.2) is 71.3 Å². The van der Waals surface area contributed by atoms with Crippen molar-refractivity contribution in [2.45, 2.75) is 138 Å². The molecule has 0 fully saturated rings. The number of hydrogen-bond acceptors (Lipinski definition) is 5. The molecule has 0 saturated carbocycles. The second-order valence-electron chi connectivity index (χ2n) is 20.8. The Kier molecular flexibility index (Phi) is 8.27. The van der Waals surface area contributed by atoms with Gasteiger partial charge >= 0.3 is 0 Å². The fourth-order valence-electron chi connectivity index (χ4n) is 7.84. The molecule has 53 heavy (non-hydrogen) atoms. The van der Waals surface area contributed by atoms with E-state index in [1.165, 1.54) is 61.4 Å². The number of fused-ring (bicyclic) bond motifs is 4. The van der Waals surface area contributed by atoms with Gasteiger partial charge in [-0.3, -0.25) is 4.90 Å². The van der Waals surface area contributed by atoms with Gasteiger partial charge in [-0.25, -0.2) is 0 Å². The number of benzene rings is 4. The second kappa shape index (κ2) is 11.8. The Bertz CT molecular complexity index is 2180. The van der Waals surface area contributed by atoms with Crippen molar-refractivity contribution in [1.29, 1.82) is 0 Å². The first kappa shape index (κ1) is 37.0. The SMILES string of the molecule is Cc1cc2c3c(c1)N(c1cc(C(C)(C)C)cc(C(C)(C)C)c1)c1onnc1B3c1cc(C(C)(C)C)ccc1N2c1cc(C(C)(C)C)cc(C(C)(C)C)c1. The highest BCUT2D eigenvalue weighted by Gasteiger charge is 2.47. The van der Waals surface area contributed by atoms with E-state index in [1.807, 2.05) is 0 Å². The summed E-state index contributed by atoms with van der Waals surface area (Å²) in [7, 11) is 0.